The van der Waals surface area contributed by atoms with Crippen molar-refractivity contribution >= 4 is 17.3 Å². The van der Waals surface area contributed by atoms with E-state index in [1.807, 2.05) is 13.8 Å². The molecule has 0 unspecified atom stereocenters. The van der Waals surface area contributed by atoms with E-state index in [9.17, 15) is 13.2 Å². The van der Waals surface area contributed by atoms with Crippen molar-refractivity contribution in [2.75, 3.05) is 5.01 Å². The lowest BCUT2D eigenvalue weighted by Crippen LogP contribution is -2.28. The molecule has 0 aliphatic rings. The van der Waals surface area contributed by atoms with Crippen LogP contribution in [0, 0.1) is 12.7 Å². The predicted molar refractivity (Wildman–Crippen MR) is 72.4 cm³/mol. The maximum absolute atomic E-state index is 13.4. The Balaban J connectivity index is 0.00000154. The van der Waals surface area contributed by atoms with Crippen molar-refractivity contribution in [3.05, 3.63) is 40.4 Å². The van der Waals surface area contributed by atoms with Crippen LogP contribution in [0.4, 0.5) is 18.9 Å². The van der Waals surface area contributed by atoms with E-state index in [0.29, 0.717) is 0 Å². The number of hydrogen-bond donors (Lipinski definition) is 2. The minimum absolute atomic E-state index is 0.0644. The van der Waals surface area contributed by atoms with Crippen LogP contribution in [0.15, 0.2) is 24.0 Å². The molecule has 0 spiro atoms. The summed E-state index contributed by atoms with van der Waals surface area (Å²) in [6.07, 6.45) is -1.99. The van der Waals surface area contributed by atoms with Gasteiger partial charge < -0.3 is 5.73 Å². The Bertz CT molecular complexity index is 450. The number of nitrogens with two attached hydrogens (primary N) is 2. The summed E-state index contributed by atoms with van der Waals surface area (Å²) in [5, 5.41) is 0.765. The Kier molecular flexibility index (Phi) is 7.33. The monoisotopic (exact) mass is 295 g/mol. The zero-order valence-electron chi connectivity index (χ0n) is 10.9. The van der Waals surface area contributed by atoms with Crippen LogP contribution in [-0.2, 0) is 0 Å². The maximum atomic E-state index is 13.4. The Labute approximate surface area is 115 Å². The van der Waals surface area contributed by atoms with E-state index in [-0.39, 0.29) is 16.3 Å². The summed E-state index contributed by atoms with van der Waals surface area (Å²) < 4.78 is 37.8. The molecule has 0 amide bonds. The molecule has 0 aromatic heterocycles. The summed E-state index contributed by atoms with van der Waals surface area (Å²) in [6, 6.07) is 2.70. The molecular weight excluding hydrogens is 279 g/mol. The van der Waals surface area contributed by atoms with Crippen LogP contribution in [0.5, 0.6) is 0 Å². The van der Waals surface area contributed by atoms with Gasteiger partial charge in [-0.25, -0.2) is 19.0 Å². The number of alkyl halides is 2. The molecule has 1 rings (SSSR count). The number of hydrazine groups is 1. The van der Waals surface area contributed by atoms with Crippen molar-refractivity contribution in [1.29, 1.82) is 0 Å². The van der Waals surface area contributed by atoms with Gasteiger partial charge in [0.15, 0.2) is 0 Å². The SMILES string of the molecule is CC.Cc1c(N(N)/C=C(\N)C(F)F)ccc(Cl)c1F. The highest BCUT2D eigenvalue weighted by molar-refractivity contribution is 6.30. The van der Waals surface area contributed by atoms with Gasteiger partial charge >= 0.3 is 0 Å². The van der Waals surface area contributed by atoms with Gasteiger partial charge in [0.05, 0.1) is 16.4 Å². The van der Waals surface area contributed by atoms with E-state index in [1.54, 1.807) is 0 Å². The second-order valence-corrected chi connectivity index (χ2v) is 3.75. The number of anilines is 1. The molecule has 108 valence electrons. The molecule has 7 heteroatoms. The second kappa shape index (κ2) is 7.91. The van der Waals surface area contributed by atoms with Crippen LogP contribution in [0.3, 0.4) is 0 Å². The first-order chi connectivity index (χ1) is 8.84. The normalized spacial score (nSPS) is 11.1. The summed E-state index contributed by atoms with van der Waals surface area (Å²) in [5.74, 6) is 4.84. The van der Waals surface area contributed by atoms with Gasteiger partial charge in [0, 0.05) is 11.8 Å². The summed E-state index contributed by atoms with van der Waals surface area (Å²) >= 11 is 5.55. The molecule has 0 saturated heterocycles. The molecule has 0 bridgehead atoms. The Hall–Kier alpha value is -1.40. The fraction of sp³-hybridized carbons (Fsp3) is 0.333. The van der Waals surface area contributed by atoms with Gasteiger partial charge in [0.2, 0.25) is 0 Å². The lowest BCUT2D eigenvalue weighted by molar-refractivity contribution is 0.187. The zero-order chi connectivity index (χ0) is 15.2. The van der Waals surface area contributed by atoms with Crippen molar-refractivity contribution in [2.45, 2.75) is 27.2 Å². The number of nitrogens with zero attached hydrogens (tertiary/aromatic N) is 1. The first-order valence-corrected chi connectivity index (χ1v) is 5.96. The van der Waals surface area contributed by atoms with Gasteiger partial charge in [-0.1, -0.05) is 25.4 Å². The third-order valence-electron chi connectivity index (χ3n) is 2.13. The third-order valence-corrected chi connectivity index (χ3v) is 2.42. The van der Waals surface area contributed by atoms with Crippen LogP contribution < -0.4 is 16.6 Å². The van der Waals surface area contributed by atoms with E-state index in [2.05, 4.69) is 0 Å². The minimum atomic E-state index is -2.82. The molecule has 0 saturated carbocycles. The van der Waals surface area contributed by atoms with Crippen molar-refractivity contribution in [1.82, 2.24) is 0 Å². The van der Waals surface area contributed by atoms with Crippen LogP contribution in [0.2, 0.25) is 5.02 Å². The Morgan fingerprint density at radius 3 is 2.37 bits per heavy atom. The highest BCUT2D eigenvalue weighted by Crippen LogP contribution is 2.26. The second-order valence-electron chi connectivity index (χ2n) is 3.34. The molecule has 0 aliphatic carbocycles. The summed E-state index contributed by atoms with van der Waals surface area (Å²) in [7, 11) is 0. The van der Waals surface area contributed by atoms with E-state index in [1.165, 1.54) is 19.1 Å². The minimum Gasteiger partial charge on any atom is -0.396 e. The van der Waals surface area contributed by atoms with Crippen LogP contribution in [0.25, 0.3) is 0 Å². The van der Waals surface area contributed by atoms with Crippen LogP contribution in [0.1, 0.15) is 19.4 Å². The molecule has 0 aliphatic heterocycles. The molecule has 0 radical (unpaired) electrons. The first-order valence-electron chi connectivity index (χ1n) is 5.58. The number of halogens is 4. The standard InChI is InChI=1S/C10H11ClF3N3.C2H6/c1-5-8(3-2-6(11)9(5)12)17(16)4-7(15)10(13)14;1-2/h2-4,10H,15-16H2,1H3;1-2H3/b7-4-;. The van der Waals surface area contributed by atoms with Gasteiger partial charge in [-0.15, -0.1) is 0 Å². The lowest BCUT2D eigenvalue weighted by atomic mass is 10.2. The molecule has 0 heterocycles. The van der Waals surface area contributed by atoms with E-state index in [4.69, 9.17) is 23.2 Å². The van der Waals surface area contributed by atoms with Crippen molar-refractivity contribution in [3.8, 4) is 0 Å². The van der Waals surface area contributed by atoms with Crippen molar-refractivity contribution in [2.24, 2.45) is 11.6 Å². The fourth-order valence-corrected chi connectivity index (χ4v) is 1.41. The Morgan fingerprint density at radius 2 is 1.89 bits per heavy atom. The van der Waals surface area contributed by atoms with E-state index < -0.39 is 17.9 Å². The summed E-state index contributed by atoms with van der Waals surface area (Å²) in [6.45, 7) is 5.43. The first kappa shape index (κ1) is 17.6. The van der Waals surface area contributed by atoms with Gasteiger partial charge in [-0.3, -0.25) is 5.01 Å². The lowest BCUT2D eigenvalue weighted by Gasteiger charge is -2.18. The van der Waals surface area contributed by atoms with Crippen molar-refractivity contribution in [3.63, 3.8) is 0 Å². The highest BCUT2D eigenvalue weighted by atomic mass is 35.5. The zero-order valence-corrected chi connectivity index (χ0v) is 11.7. The van der Waals surface area contributed by atoms with E-state index in [0.717, 1.165) is 11.2 Å². The van der Waals surface area contributed by atoms with Crippen LogP contribution >= 0.6 is 11.6 Å². The average molecular weight is 296 g/mol. The third kappa shape index (κ3) is 4.65. The van der Waals surface area contributed by atoms with Gasteiger partial charge in [-0.05, 0) is 19.1 Å². The largest absolute Gasteiger partial charge is 0.396 e. The summed E-state index contributed by atoms with van der Waals surface area (Å²) in [4.78, 5) is 0. The molecule has 3 nitrogen and oxygen atoms in total. The average Bonchev–Trinajstić information content (AvgIpc) is 2.38. The van der Waals surface area contributed by atoms with Gasteiger partial charge in [-0.2, -0.15) is 0 Å². The van der Waals surface area contributed by atoms with E-state index >= 15 is 0 Å². The molecule has 0 fully saturated rings. The smallest absolute Gasteiger partial charge is 0.279 e. The number of allylic oxidation sites excluding steroid dienone is 1. The number of hydrogen-bond acceptors (Lipinski definition) is 3. The quantitative estimate of drug-likeness (QED) is 0.662. The highest BCUT2D eigenvalue weighted by Gasteiger charge is 2.13. The predicted octanol–water partition coefficient (Wildman–Crippen LogP) is 3.56. The molecule has 4 N–H and O–H groups in total. The molecule has 0 atom stereocenters. The molecular formula is C12H17ClF3N3. The van der Waals surface area contributed by atoms with Crippen molar-refractivity contribution < 1.29 is 13.2 Å². The topological polar surface area (TPSA) is 55.3 Å². The van der Waals surface area contributed by atoms with Crippen LogP contribution in [-0.4, -0.2) is 6.43 Å². The fourth-order valence-electron chi connectivity index (χ4n) is 1.21. The molecule has 1 aromatic rings. The number of rotatable bonds is 3. The molecule has 1 aromatic carbocycles. The Morgan fingerprint density at radius 1 is 1.37 bits per heavy atom. The maximum Gasteiger partial charge on any atom is 0.279 e. The molecule has 19 heavy (non-hydrogen) atoms. The summed E-state index contributed by atoms with van der Waals surface area (Å²) in [5.41, 5.74) is 4.69. The van der Waals surface area contributed by atoms with Gasteiger partial charge in [0.25, 0.3) is 6.43 Å². The van der Waals surface area contributed by atoms with Gasteiger partial charge in [0.1, 0.15) is 5.82 Å². The number of benzene rings is 1.